The number of nitrogens with zero attached hydrogens (tertiary/aromatic N) is 2. The number of unbranched alkanes of at least 4 members (excludes halogenated alkanes) is 5. The van der Waals surface area contributed by atoms with Crippen LogP contribution in [0.25, 0.3) is 0 Å². The molecule has 0 aliphatic rings. The van der Waals surface area contributed by atoms with Gasteiger partial charge in [0.15, 0.2) is 0 Å². The van der Waals surface area contributed by atoms with E-state index in [1.165, 1.54) is 44.1 Å². The van der Waals surface area contributed by atoms with E-state index in [-0.39, 0.29) is 0 Å². The molecule has 140 valence electrons. The van der Waals surface area contributed by atoms with Crippen LogP contribution in [0, 0.1) is 0 Å². The van der Waals surface area contributed by atoms with Gasteiger partial charge < -0.3 is 4.74 Å². The lowest BCUT2D eigenvalue weighted by molar-refractivity contribution is 0.305. The van der Waals surface area contributed by atoms with E-state index >= 15 is 0 Å². The van der Waals surface area contributed by atoms with Gasteiger partial charge in [0.05, 0.1) is 18.0 Å². The van der Waals surface area contributed by atoms with Crippen LogP contribution in [0.15, 0.2) is 58.8 Å². The Balaban J connectivity index is 1.78. The molecular formula is C23H32N2O. The van der Waals surface area contributed by atoms with Crippen molar-refractivity contribution in [3.63, 3.8) is 0 Å². The summed E-state index contributed by atoms with van der Waals surface area (Å²) in [5.74, 6) is 0.900. The van der Waals surface area contributed by atoms with Crippen molar-refractivity contribution >= 4 is 11.4 Å². The van der Waals surface area contributed by atoms with Gasteiger partial charge in [-0.3, -0.25) is 0 Å². The van der Waals surface area contributed by atoms with E-state index in [2.05, 4.69) is 36.2 Å². The predicted molar refractivity (Wildman–Crippen MR) is 110 cm³/mol. The fourth-order valence-electron chi connectivity index (χ4n) is 2.75. The molecule has 0 saturated carbocycles. The highest BCUT2D eigenvalue weighted by molar-refractivity contribution is 5.43. The first-order valence-electron chi connectivity index (χ1n) is 10.1. The van der Waals surface area contributed by atoms with Gasteiger partial charge >= 0.3 is 0 Å². The molecule has 0 amide bonds. The summed E-state index contributed by atoms with van der Waals surface area (Å²) >= 11 is 0. The van der Waals surface area contributed by atoms with Gasteiger partial charge in [-0.1, -0.05) is 58.1 Å². The molecule has 0 radical (unpaired) electrons. The molecule has 0 atom stereocenters. The van der Waals surface area contributed by atoms with Gasteiger partial charge in [-0.2, -0.15) is 10.2 Å². The first-order valence-corrected chi connectivity index (χ1v) is 10.1. The summed E-state index contributed by atoms with van der Waals surface area (Å²) < 4.78 is 5.75. The third-order valence-electron chi connectivity index (χ3n) is 4.39. The zero-order chi connectivity index (χ0) is 18.5. The maximum atomic E-state index is 5.75. The van der Waals surface area contributed by atoms with Crippen LogP contribution in [-0.2, 0) is 6.42 Å². The number of ether oxygens (including phenoxy) is 1. The zero-order valence-electron chi connectivity index (χ0n) is 16.3. The van der Waals surface area contributed by atoms with Gasteiger partial charge in [-0.15, -0.1) is 0 Å². The van der Waals surface area contributed by atoms with E-state index in [4.69, 9.17) is 4.74 Å². The summed E-state index contributed by atoms with van der Waals surface area (Å²) in [6, 6.07) is 16.2. The molecule has 2 rings (SSSR count). The summed E-state index contributed by atoms with van der Waals surface area (Å²) in [6.45, 7) is 5.23. The molecule has 0 aromatic heterocycles. The first-order chi connectivity index (χ1) is 12.8. The normalized spacial score (nSPS) is 11.2. The molecule has 0 fully saturated rings. The molecule has 26 heavy (non-hydrogen) atoms. The molecule has 0 saturated heterocycles. The van der Waals surface area contributed by atoms with Crippen LogP contribution in [0.5, 0.6) is 5.75 Å². The minimum absolute atomic E-state index is 0.783. The Hall–Kier alpha value is -2.16. The molecule has 2 aromatic carbocycles. The molecule has 0 N–H and O–H groups in total. The van der Waals surface area contributed by atoms with E-state index in [1.807, 2.05) is 36.4 Å². The monoisotopic (exact) mass is 352 g/mol. The maximum absolute atomic E-state index is 5.75. The van der Waals surface area contributed by atoms with Crippen LogP contribution < -0.4 is 4.74 Å². The lowest BCUT2D eigenvalue weighted by Gasteiger charge is -2.05. The fraction of sp³-hybridized carbons (Fsp3) is 0.478. The lowest BCUT2D eigenvalue weighted by atomic mass is 10.1. The van der Waals surface area contributed by atoms with E-state index in [9.17, 15) is 0 Å². The third-order valence-corrected chi connectivity index (χ3v) is 4.39. The standard InChI is InChI=1S/C23H32N2O/c1-3-5-7-9-19-26-23-17-15-22(16-18-23)25-24-21-13-11-20(12-14-21)10-8-6-4-2/h11-18H,3-10,19H2,1-2H3. The van der Waals surface area contributed by atoms with E-state index in [0.29, 0.717) is 0 Å². The van der Waals surface area contributed by atoms with E-state index in [1.54, 1.807) is 0 Å². The SMILES string of the molecule is CCCCCCOc1ccc(N=Nc2ccc(CCCCC)cc2)cc1. The Kier molecular flexibility index (Phi) is 9.48. The zero-order valence-corrected chi connectivity index (χ0v) is 16.3. The molecule has 2 aromatic rings. The largest absolute Gasteiger partial charge is 0.494 e. The quantitative estimate of drug-likeness (QED) is 0.283. The van der Waals surface area contributed by atoms with Crippen molar-refractivity contribution in [1.29, 1.82) is 0 Å². The lowest BCUT2D eigenvalue weighted by Crippen LogP contribution is -1.96. The van der Waals surface area contributed by atoms with Crippen LogP contribution in [-0.4, -0.2) is 6.61 Å². The Morgan fingerprint density at radius 3 is 1.85 bits per heavy atom. The molecular weight excluding hydrogens is 320 g/mol. The van der Waals surface area contributed by atoms with Gasteiger partial charge in [-0.25, -0.2) is 0 Å². The number of hydrogen-bond donors (Lipinski definition) is 0. The summed E-state index contributed by atoms with van der Waals surface area (Å²) in [5, 5.41) is 8.64. The topological polar surface area (TPSA) is 34.0 Å². The second-order valence-corrected chi connectivity index (χ2v) is 6.73. The molecule has 0 spiro atoms. The molecule has 3 nitrogen and oxygen atoms in total. The number of azo groups is 1. The van der Waals surface area contributed by atoms with Crippen molar-refractivity contribution in [2.75, 3.05) is 6.61 Å². The fourth-order valence-corrected chi connectivity index (χ4v) is 2.75. The van der Waals surface area contributed by atoms with Crippen molar-refractivity contribution in [3.8, 4) is 5.75 Å². The van der Waals surface area contributed by atoms with Crippen molar-refractivity contribution < 1.29 is 4.74 Å². The smallest absolute Gasteiger partial charge is 0.119 e. The maximum Gasteiger partial charge on any atom is 0.119 e. The molecule has 0 aliphatic heterocycles. The Bertz CT molecular complexity index is 632. The summed E-state index contributed by atoms with van der Waals surface area (Å²) in [4.78, 5) is 0. The second-order valence-electron chi connectivity index (χ2n) is 6.73. The van der Waals surface area contributed by atoms with Crippen molar-refractivity contribution in [2.45, 2.75) is 65.2 Å². The molecule has 3 heteroatoms. The van der Waals surface area contributed by atoms with Crippen LogP contribution in [0.1, 0.15) is 64.4 Å². The summed E-state index contributed by atoms with van der Waals surface area (Å²) in [5.41, 5.74) is 3.11. The van der Waals surface area contributed by atoms with Crippen molar-refractivity contribution in [3.05, 3.63) is 54.1 Å². The van der Waals surface area contributed by atoms with Crippen LogP contribution in [0.4, 0.5) is 11.4 Å². The Morgan fingerprint density at radius 2 is 1.23 bits per heavy atom. The Labute approximate surface area is 158 Å². The minimum Gasteiger partial charge on any atom is -0.494 e. The second kappa shape index (κ2) is 12.2. The number of aryl methyl sites for hydroxylation is 1. The van der Waals surface area contributed by atoms with E-state index in [0.717, 1.165) is 36.6 Å². The first kappa shape index (κ1) is 20.2. The van der Waals surface area contributed by atoms with Crippen LogP contribution in [0.2, 0.25) is 0 Å². The number of hydrogen-bond acceptors (Lipinski definition) is 3. The minimum atomic E-state index is 0.783. The third kappa shape index (κ3) is 7.81. The molecule has 0 heterocycles. The molecule has 0 aliphatic carbocycles. The van der Waals surface area contributed by atoms with Gasteiger partial charge in [0, 0.05) is 0 Å². The average Bonchev–Trinajstić information content (AvgIpc) is 2.68. The summed E-state index contributed by atoms with van der Waals surface area (Å²) in [7, 11) is 0. The predicted octanol–water partition coefficient (Wildman–Crippen LogP) is 7.79. The number of rotatable bonds is 12. The molecule has 0 unspecified atom stereocenters. The van der Waals surface area contributed by atoms with Gasteiger partial charge in [0.25, 0.3) is 0 Å². The Morgan fingerprint density at radius 1 is 0.654 bits per heavy atom. The van der Waals surface area contributed by atoms with Gasteiger partial charge in [0.1, 0.15) is 5.75 Å². The van der Waals surface area contributed by atoms with Crippen LogP contribution in [0.3, 0.4) is 0 Å². The highest BCUT2D eigenvalue weighted by atomic mass is 16.5. The highest BCUT2D eigenvalue weighted by Gasteiger charge is 1.97. The number of benzene rings is 2. The van der Waals surface area contributed by atoms with Gasteiger partial charge in [0.2, 0.25) is 0 Å². The average molecular weight is 353 g/mol. The van der Waals surface area contributed by atoms with Crippen LogP contribution >= 0.6 is 0 Å². The molecule has 0 bridgehead atoms. The van der Waals surface area contributed by atoms with Gasteiger partial charge in [-0.05, 0) is 61.2 Å². The summed E-state index contributed by atoms with van der Waals surface area (Å²) in [6.07, 6.45) is 9.83. The van der Waals surface area contributed by atoms with E-state index < -0.39 is 0 Å². The highest BCUT2D eigenvalue weighted by Crippen LogP contribution is 2.22. The van der Waals surface area contributed by atoms with Crippen molar-refractivity contribution in [2.24, 2.45) is 10.2 Å². The van der Waals surface area contributed by atoms with Crippen molar-refractivity contribution in [1.82, 2.24) is 0 Å².